The van der Waals surface area contributed by atoms with Crippen molar-refractivity contribution in [2.75, 3.05) is 13.7 Å². The predicted octanol–water partition coefficient (Wildman–Crippen LogP) is 2.17. The van der Waals surface area contributed by atoms with E-state index in [2.05, 4.69) is 11.4 Å². The summed E-state index contributed by atoms with van der Waals surface area (Å²) in [6, 6.07) is 6.78. The fourth-order valence-electron chi connectivity index (χ4n) is 2.20. The van der Waals surface area contributed by atoms with Crippen LogP contribution in [0.15, 0.2) is 18.2 Å². The maximum atomic E-state index is 10.8. The third kappa shape index (κ3) is 2.73. The van der Waals surface area contributed by atoms with Crippen LogP contribution in [0.4, 0.5) is 5.69 Å². The van der Waals surface area contributed by atoms with Gasteiger partial charge in [-0.15, -0.1) is 0 Å². The van der Waals surface area contributed by atoms with E-state index >= 15 is 0 Å². The number of aryl methyl sites for hydroxylation is 1. The molecule has 1 saturated carbocycles. The Bertz CT molecular complexity index is 563. The molecule has 0 bridgehead atoms. The topological polar surface area (TPSA) is 88.2 Å². The van der Waals surface area contributed by atoms with Gasteiger partial charge in [0.15, 0.2) is 0 Å². The van der Waals surface area contributed by atoms with E-state index in [0.29, 0.717) is 5.75 Å². The molecule has 1 aliphatic carbocycles. The zero-order valence-electron chi connectivity index (χ0n) is 11.5. The number of hydrogen-bond acceptors (Lipinski definition) is 5. The van der Waals surface area contributed by atoms with Gasteiger partial charge < -0.3 is 4.74 Å². The fourth-order valence-corrected chi connectivity index (χ4v) is 2.20. The second kappa shape index (κ2) is 5.47. The van der Waals surface area contributed by atoms with E-state index in [1.54, 1.807) is 13.1 Å². The molecule has 1 atom stereocenters. The average molecular weight is 275 g/mol. The van der Waals surface area contributed by atoms with Crippen LogP contribution in [-0.2, 0) is 0 Å². The van der Waals surface area contributed by atoms with Crippen LogP contribution in [0.3, 0.4) is 0 Å². The molecule has 6 nitrogen and oxygen atoms in total. The summed E-state index contributed by atoms with van der Waals surface area (Å²) >= 11 is 0. The lowest BCUT2D eigenvalue weighted by molar-refractivity contribution is -0.385. The first-order valence-corrected chi connectivity index (χ1v) is 6.50. The van der Waals surface area contributed by atoms with Gasteiger partial charge in [0.2, 0.25) is 0 Å². The van der Waals surface area contributed by atoms with Gasteiger partial charge in [-0.1, -0.05) is 0 Å². The molecular weight excluding hydrogens is 258 g/mol. The molecule has 0 radical (unpaired) electrons. The Morgan fingerprint density at radius 1 is 1.60 bits per heavy atom. The smallest absolute Gasteiger partial charge is 0.273 e. The minimum absolute atomic E-state index is 0.0102. The molecule has 20 heavy (non-hydrogen) atoms. The molecule has 1 unspecified atom stereocenters. The monoisotopic (exact) mass is 275 g/mol. The normalized spacial score (nSPS) is 17.1. The summed E-state index contributed by atoms with van der Waals surface area (Å²) in [6.45, 7) is 2.01. The summed E-state index contributed by atoms with van der Waals surface area (Å²) in [5.74, 6) is 0.742. The molecule has 1 aromatic rings. The Morgan fingerprint density at radius 2 is 2.30 bits per heavy atom. The molecule has 6 heteroatoms. The van der Waals surface area contributed by atoms with Crippen LogP contribution in [0.5, 0.6) is 5.75 Å². The molecule has 0 saturated heterocycles. The van der Waals surface area contributed by atoms with Crippen molar-refractivity contribution in [1.82, 2.24) is 5.32 Å². The van der Waals surface area contributed by atoms with E-state index in [0.717, 1.165) is 18.4 Å². The number of likely N-dealkylation sites (N-methyl/N-ethyl adjacent to an activating group) is 1. The van der Waals surface area contributed by atoms with Gasteiger partial charge in [0, 0.05) is 6.07 Å². The number of hydrogen-bond donors (Lipinski definition) is 1. The standard InChI is InChI=1S/C14H17N3O3/c1-10-3-6-12(17(18)19)7-13(10)20-9-14(8-15,16-2)11-4-5-11/h3,6-7,11,16H,4-5,9H2,1-2H3. The van der Waals surface area contributed by atoms with E-state index in [1.807, 2.05) is 6.92 Å². The molecule has 1 fully saturated rings. The second-order valence-corrected chi connectivity index (χ2v) is 5.10. The summed E-state index contributed by atoms with van der Waals surface area (Å²) in [7, 11) is 1.74. The third-order valence-electron chi connectivity index (χ3n) is 3.76. The lowest BCUT2D eigenvalue weighted by Crippen LogP contribution is -2.49. The van der Waals surface area contributed by atoms with E-state index in [1.165, 1.54) is 12.1 Å². The highest BCUT2D eigenvalue weighted by molar-refractivity contribution is 5.43. The van der Waals surface area contributed by atoms with Crippen LogP contribution < -0.4 is 10.1 Å². The quantitative estimate of drug-likeness (QED) is 0.635. The number of nitro benzene ring substituents is 1. The molecule has 1 N–H and O–H groups in total. The lowest BCUT2D eigenvalue weighted by Gasteiger charge is -2.26. The van der Waals surface area contributed by atoms with Crippen molar-refractivity contribution in [3.8, 4) is 11.8 Å². The Balaban J connectivity index is 2.16. The van der Waals surface area contributed by atoms with E-state index < -0.39 is 10.5 Å². The molecule has 2 rings (SSSR count). The Hall–Kier alpha value is -2.13. The largest absolute Gasteiger partial charge is 0.490 e. The minimum Gasteiger partial charge on any atom is -0.490 e. The Kier molecular flexibility index (Phi) is 3.91. The molecule has 1 aromatic carbocycles. The lowest BCUT2D eigenvalue weighted by atomic mass is 9.96. The molecule has 0 amide bonds. The molecule has 0 aliphatic heterocycles. The van der Waals surface area contributed by atoms with Gasteiger partial charge >= 0.3 is 0 Å². The van der Waals surface area contributed by atoms with Gasteiger partial charge in [-0.3, -0.25) is 15.4 Å². The molecular formula is C14H17N3O3. The first kappa shape index (κ1) is 14.3. The van der Waals surface area contributed by atoms with Crippen molar-refractivity contribution in [1.29, 1.82) is 5.26 Å². The van der Waals surface area contributed by atoms with E-state index in [4.69, 9.17) is 4.74 Å². The highest BCUT2D eigenvalue weighted by atomic mass is 16.6. The zero-order chi connectivity index (χ0) is 14.8. The highest BCUT2D eigenvalue weighted by Crippen LogP contribution is 2.39. The van der Waals surface area contributed by atoms with Crippen molar-refractivity contribution < 1.29 is 9.66 Å². The van der Waals surface area contributed by atoms with E-state index in [-0.39, 0.29) is 18.2 Å². The average Bonchev–Trinajstić information content (AvgIpc) is 3.27. The second-order valence-electron chi connectivity index (χ2n) is 5.10. The van der Waals surface area contributed by atoms with E-state index in [9.17, 15) is 15.4 Å². The van der Waals surface area contributed by atoms with Gasteiger partial charge in [0.25, 0.3) is 5.69 Å². The van der Waals surface area contributed by atoms with Gasteiger partial charge in [-0.2, -0.15) is 5.26 Å². The van der Waals surface area contributed by atoms with Crippen LogP contribution in [-0.4, -0.2) is 24.1 Å². The summed E-state index contributed by atoms with van der Waals surface area (Å²) in [5, 5.41) is 23.2. The van der Waals surface area contributed by atoms with Gasteiger partial charge in [-0.25, -0.2) is 0 Å². The first-order valence-electron chi connectivity index (χ1n) is 6.50. The van der Waals surface area contributed by atoms with Crippen LogP contribution in [0.25, 0.3) is 0 Å². The van der Waals surface area contributed by atoms with Crippen molar-refractivity contribution >= 4 is 5.69 Å². The van der Waals surface area contributed by atoms with Crippen LogP contribution in [0.1, 0.15) is 18.4 Å². The summed E-state index contributed by atoms with van der Waals surface area (Å²) in [6.07, 6.45) is 2.01. The molecule has 0 spiro atoms. The van der Waals surface area contributed by atoms with Crippen LogP contribution in [0.2, 0.25) is 0 Å². The SMILES string of the molecule is CNC(C#N)(COc1cc([N+](=O)[O-])ccc1C)C1CC1. The summed E-state index contributed by atoms with van der Waals surface area (Å²) < 4.78 is 5.69. The molecule has 1 aliphatic rings. The maximum absolute atomic E-state index is 10.8. The predicted molar refractivity (Wildman–Crippen MR) is 73.5 cm³/mol. The highest BCUT2D eigenvalue weighted by Gasteiger charge is 2.45. The molecule has 0 heterocycles. The van der Waals surface area contributed by atoms with Crippen LogP contribution in [0, 0.1) is 34.3 Å². The minimum atomic E-state index is -0.711. The van der Waals surface area contributed by atoms with Crippen molar-refractivity contribution in [2.45, 2.75) is 25.3 Å². The number of nitriles is 1. The summed E-state index contributed by atoms with van der Waals surface area (Å²) in [5.41, 5.74) is 0.0928. The Morgan fingerprint density at radius 3 is 2.80 bits per heavy atom. The van der Waals surface area contributed by atoms with Gasteiger partial charge in [0.05, 0.1) is 17.1 Å². The third-order valence-corrected chi connectivity index (χ3v) is 3.76. The number of nitrogens with zero attached hydrogens (tertiary/aromatic N) is 2. The first-order chi connectivity index (χ1) is 9.52. The molecule has 0 aromatic heterocycles. The van der Waals surface area contributed by atoms with Crippen LogP contribution >= 0.6 is 0 Å². The Labute approximate surface area is 117 Å². The van der Waals surface area contributed by atoms with Crippen molar-refractivity contribution in [3.63, 3.8) is 0 Å². The fraction of sp³-hybridized carbons (Fsp3) is 0.500. The number of rotatable bonds is 6. The summed E-state index contributed by atoms with van der Waals surface area (Å²) in [4.78, 5) is 10.3. The number of nitro groups is 1. The maximum Gasteiger partial charge on any atom is 0.273 e. The number of benzene rings is 1. The number of ether oxygens (including phenoxy) is 1. The molecule has 106 valence electrons. The number of non-ortho nitro benzene ring substituents is 1. The van der Waals surface area contributed by atoms with Crippen molar-refractivity contribution in [2.24, 2.45) is 5.92 Å². The number of nitrogens with one attached hydrogen (secondary N) is 1. The van der Waals surface area contributed by atoms with Gasteiger partial charge in [0.1, 0.15) is 17.9 Å². The zero-order valence-corrected chi connectivity index (χ0v) is 11.5. The van der Waals surface area contributed by atoms with Crippen molar-refractivity contribution in [3.05, 3.63) is 33.9 Å². The van der Waals surface area contributed by atoms with Gasteiger partial charge in [-0.05, 0) is 44.4 Å².